The van der Waals surface area contributed by atoms with Crippen LogP contribution in [0.5, 0.6) is 11.5 Å². The van der Waals surface area contributed by atoms with Gasteiger partial charge in [0, 0.05) is 22.2 Å². The highest BCUT2D eigenvalue weighted by molar-refractivity contribution is 7.22. The summed E-state index contributed by atoms with van der Waals surface area (Å²) in [5.74, 6) is 0.675. The number of hydrazone groups is 1. The van der Waals surface area contributed by atoms with Crippen LogP contribution in [0.15, 0.2) is 47.6 Å². The van der Waals surface area contributed by atoms with Crippen molar-refractivity contribution < 1.29 is 23.8 Å². The summed E-state index contributed by atoms with van der Waals surface area (Å²) in [6.07, 6.45) is 0.107. The fourth-order valence-corrected chi connectivity index (χ4v) is 4.59. The zero-order chi connectivity index (χ0) is 23.3. The van der Waals surface area contributed by atoms with E-state index in [9.17, 15) is 9.59 Å². The average Bonchev–Trinajstić information content (AvgIpc) is 3.16. The van der Waals surface area contributed by atoms with E-state index in [2.05, 4.69) is 5.10 Å². The summed E-state index contributed by atoms with van der Waals surface area (Å²) >= 11 is 1.57. The fourth-order valence-electron chi connectivity index (χ4n) is 3.31. The summed E-state index contributed by atoms with van der Waals surface area (Å²) in [4.78, 5) is 25.8. The topological polar surface area (TPSA) is 77.4 Å². The number of likely N-dealkylation sites (N-methyl/N-ethyl adjacent to an activating group) is 1. The Labute approximate surface area is 191 Å². The number of carbonyl (C=O) groups excluding carboxylic acids is 2. The zero-order valence-corrected chi connectivity index (χ0v) is 19.6. The van der Waals surface area contributed by atoms with Gasteiger partial charge in [-0.15, -0.1) is 11.3 Å². The monoisotopic (exact) mass is 454 g/mol. The highest BCUT2D eigenvalue weighted by atomic mass is 32.1. The highest BCUT2D eigenvalue weighted by Crippen LogP contribution is 2.43. The lowest BCUT2D eigenvalue weighted by atomic mass is 10.0. The molecule has 1 aromatic heterocycles. The first-order chi connectivity index (χ1) is 15.4. The molecule has 1 amide bonds. The Kier molecular flexibility index (Phi) is 7.48. The molecule has 0 aliphatic carbocycles. The van der Waals surface area contributed by atoms with Gasteiger partial charge in [-0.3, -0.25) is 4.79 Å². The molecule has 0 saturated heterocycles. The van der Waals surface area contributed by atoms with Gasteiger partial charge in [-0.25, -0.2) is 9.80 Å². The number of amides is 1. The summed E-state index contributed by atoms with van der Waals surface area (Å²) in [6.45, 7) is 3.49. The van der Waals surface area contributed by atoms with Crippen LogP contribution in [-0.4, -0.2) is 50.5 Å². The summed E-state index contributed by atoms with van der Waals surface area (Å²) < 4.78 is 16.9. The van der Waals surface area contributed by atoms with Gasteiger partial charge in [0.1, 0.15) is 17.2 Å². The third-order valence-electron chi connectivity index (χ3n) is 4.91. The minimum atomic E-state index is -0.546. The van der Waals surface area contributed by atoms with Gasteiger partial charge in [-0.2, -0.15) is 5.10 Å². The second-order valence-electron chi connectivity index (χ2n) is 6.97. The molecule has 3 aromatic rings. The van der Waals surface area contributed by atoms with Gasteiger partial charge < -0.3 is 14.2 Å². The van der Waals surface area contributed by atoms with E-state index in [1.807, 2.05) is 42.5 Å². The molecule has 0 bridgehead atoms. The van der Waals surface area contributed by atoms with E-state index in [-0.39, 0.29) is 24.6 Å². The predicted molar refractivity (Wildman–Crippen MR) is 127 cm³/mol. The van der Waals surface area contributed by atoms with E-state index in [1.54, 1.807) is 32.5 Å². The van der Waals surface area contributed by atoms with Crippen molar-refractivity contribution in [1.82, 2.24) is 5.01 Å². The molecule has 8 heteroatoms. The molecule has 7 nitrogen and oxygen atoms in total. The molecule has 0 aliphatic rings. The number of nitrogens with zero attached hydrogens (tertiary/aromatic N) is 2. The van der Waals surface area contributed by atoms with Gasteiger partial charge in [-0.1, -0.05) is 12.1 Å². The number of hydrogen-bond donors (Lipinski definition) is 0. The van der Waals surface area contributed by atoms with Crippen LogP contribution in [-0.2, 0) is 20.7 Å². The minimum Gasteiger partial charge on any atom is -0.497 e. The van der Waals surface area contributed by atoms with E-state index >= 15 is 0 Å². The summed E-state index contributed by atoms with van der Waals surface area (Å²) in [6, 6.07) is 13.5. The molecule has 3 rings (SSSR count). The summed E-state index contributed by atoms with van der Waals surface area (Å²) in [5, 5.41) is 6.25. The van der Waals surface area contributed by atoms with Gasteiger partial charge in [0.25, 0.3) is 0 Å². The van der Waals surface area contributed by atoms with E-state index in [0.29, 0.717) is 0 Å². The molecular weight excluding hydrogens is 428 g/mol. The Morgan fingerprint density at radius 1 is 1.09 bits per heavy atom. The average molecular weight is 455 g/mol. The predicted octanol–water partition coefficient (Wildman–Crippen LogP) is 4.53. The lowest BCUT2D eigenvalue weighted by molar-refractivity contribution is -0.135. The van der Waals surface area contributed by atoms with Crippen LogP contribution >= 0.6 is 11.3 Å². The minimum absolute atomic E-state index is 0.107. The Hall–Kier alpha value is -3.39. The zero-order valence-electron chi connectivity index (χ0n) is 18.8. The highest BCUT2D eigenvalue weighted by Gasteiger charge is 2.21. The number of benzene rings is 2. The Bertz CT molecular complexity index is 1170. The van der Waals surface area contributed by atoms with Crippen molar-refractivity contribution in [2.45, 2.75) is 20.3 Å². The van der Waals surface area contributed by atoms with Crippen LogP contribution < -0.4 is 9.47 Å². The first-order valence-corrected chi connectivity index (χ1v) is 10.9. The van der Waals surface area contributed by atoms with Crippen molar-refractivity contribution in [1.29, 1.82) is 0 Å². The van der Waals surface area contributed by atoms with Crippen LogP contribution in [0.1, 0.15) is 19.4 Å². The van der Waals surface area contributed by atoms with Gasteiger partial charge in [0.2, 0.25) is 5.91 Å². The maximum Gasteiger partial charge on any atom is 0.354 e. The molecule has 0 fully saturated rings. The van der Waals surface area contributed by atoms with Crippen LogP contribution in [0, 0.1) is 0 Å². The first kappa shape index (κ1) is 23.3. The SMILES string of the molecule is CCOC(=O)C(C)=NN(C)C(=O)Cc1c(-c2ccccc2OC)sc2cc(OC)ccc12. The standard InChI is InChI=1S/C24H26N2O5S/c1-6-31-24(28)15(2)25-26(3)22(27)14-19-17-12-11-16(29-4)13-21(17)32-23(19)18-9-7-8-10-20(18)30-5/h7-13H,6,14H2,1-5H3. The second-order valence-corrected chi connectivity index (χ2v) is 8.02. The summed E-state index contributed by atoms with van der Waals surface area (Å²) in [7, 11) is 4.78. The number of methoxy groups -OCH3 is 2. The maximum absolute atomic E-state index is 13.0. The molecule has 32 heavy (non-hydrogen) atoms. The molecule has 168 valence electrons. The van der Waals surface area contributed by atoms with E-state index < -0.39 is 5.97 Å². The Morgan fingerprint density at radius 3 is 2.53 bits per heavy atom. The van der Waals surface area contributed by atoms with Crippen LogP contribution in [0.25, 0.3) is 20.5 Å². The van der Waals surface area contributed by atoms with Crippen LogP contribution in [0.3, 0.4) is 0 Å². The number of thiophene rings is 1. The molecule has 0 saturated carbocycles. The smallest absolute Gasteiger partial charge is 0.354 e. The molecule has 0 aliphatic heterocycles. The van der Waals surface area contributed by atoms with Crippen molar-refractivity contribution in [2.24, 2.45) is 5.10 Å². The molecule has 0 N–H and O–H groups in total. The van der Waals surface area contributed by atoms with Crippen LogP contribution in [0.4, 0.5) is 0 Å². The lowest BCUT2D eigenvalue weighted by Gasteiger charge is -2.14. The summed E-state index contributed by atoms with van der Waals surface area (Å²) in [5.41, 5.74) is 1.90. The van der Waals surface area contributed by atoms with Crippen molar-refractivity contribution in [3.05, 3.63) is 48.0 Å². The normalized spacial score (nSPS) is 11.3. The number of rotatable bonds is 8. The van der Waals surface area contributed by atoms with Gasteiger partial charge >= 0.3 is 5.97 Å². The third kappa shape index (κ3) is 4.91. The lowest BCUT2D eigenvalue weighted by Crippen LogP contribution is -2.26. The largest absolute Gasteiger partial charge is 0.497 e. The number of fused-ring (bicyclic) bond motifs is 1. The molecule has 1 heterocycles. The molecule has 2 aromatic carbocycles. The first-order valence-electron chi connectivity index (χ1n) is 10.1. The van der Waals surface area contributed by atoms with Crippen molar-refractivity contribution in [2.75, 3.05) is 27.9 Å². The quantitative estimate of drug-likeness (QED) is 0.284. The number of para-hydroxylation sites is 1. The van der Waals surface area contributed by atoms with E-state index in [1.165, 1.54) is 19.0 Å². The third-order valence-corrected chi connectivity index (χ3v) is 6.14. The molecule has 0 radical (unpaired) electrons. The maximum atomic E-state index is 13.0. The number of ether oxygens (including phenoxy) is 3. The molecular formula is C24H26N2O5S. The number of hydrogen-bond acceptors (Lipinski definition) is 7. The fraction of sp³-hybridized carbons (Fsp3) is 0.292. The van der Waals surface area contributed by atoms with Crippen LogP contribution in [0.2, 0.25) is 0 Å². The molecule has 0 spiro atoms. The number of carbonyl (C=O) groups is 2. The van der Waals surface area contributed by atoms with Gasteiger partial charge in [0.05, 0.1) is 27.2 Å². The molecule has 0 unspecified atom stereocenters. The van der Waals surface area contributed by atoms with Gasteiger partial charge in [-0.05, 0) is 55.1 Å². The second kappa shape index (κ2) is 10.3. The van der Waals surface area contributed by atoms with E-state index in [0.717, 1.165) is 37.6 Å². The Morgan fingerprint density at radius 2 is 1.84 bits per heavy atom. The van der Waals surface area contributed by atoms with E-state index in [4.69, 9.17) is 14.2 Å². The van der Waals surface area contributed by atoms with Crippen molar-refractivity contribution >= 4 is 39.0 Å². The molecule has 0 atom stereocenters. The number of esters is 1. The van der Waals surface area contributed by atoms with Gasteiger partial charge in [0.15, 0.2) is 0 Å². The van der Waals surface area contributed by atoms with Crippen molar-refractivity contribution in [3.8, 4) is 21.9 Å². The Balaban J connectivity index is 2.03. The van der Waals surface area contributed by atoms with Crippen molar-refractivity contribution in [3.63, 3.8) is 0 Å².